The zero-order valence-electron chi connectivity index (χ0n) is 19.1. The van der Waals surface area contributed by atoms with E-state index in [1.807, 2.05) is 56.0 Å². The van der Waals surface area contributed by atoms with Crippen molar-refractivity contribution in [3.63, 3.8) is 0 Å². The number of alkyl carbamates (subject to hydrolysis) is 1. The second-order valence-corrected chi connectivity index (χ2v) is 9.69. The quantitative estimate of drug-likeness (QED) is 0.762. The molecule has 0 unspecified atom stereocenters. The van der Waals surface area contributed by atoms with Gasteiger partial charge in [-0.15, -0.1) is 0 Å². The fraction of sp³-hybridized carbons (Fsp3) is 0.667. The minimum atomic E-state index is -0.465. The topological polar surface area (TPSA) is 71.1 Å². The Balaban J connectivity index is 1.31. The van der Waals surface area contributed by atoms with Gasteiger partial charge in [-0.05, 0) is 57.9 Å². The van der Waals surface area contributed by atoms with Gasteiger partial charge in [-0.3, -0.25) is 0 Å². The number of ether oxygens (including phenoxy) is 2. The van der Waals surface area contributed by atoms with Crippen molar-refractivity contribution in [2.45, 2.75) is 64.7 Å². The Labute approximate surface area is 186 Å². The number of carbonyl (C=O) groups excluding carboxylic acids is 2. The van der Waals surface area contributed by atoms with E-state index in [1.165, 1.54) is 0 Å². The fourth-order valence-corrected chi connectivity index (χ4v) is 4.21. The average molecular weight is 432 g/mol. The summed E-state index contributed by atoms with van der Waals surface area (Å²) >= 11 is 0. The SMILES string of the molecule is CC(C)(C)OC(=O)NC1CCN(CC2CCN(C(=O)OCc3ccccc3)CC2)CC1. The van der Waals surface area contributed by atoms with Gasteiger partial charge in [-0.2, -0.15) is 0 Å². The molecule has 1 aromatic rings. The Kier molecular flexibility index (Phi) is 8.18. The molecule has 0 spiro atoms. The summed E-state index contributed by atoms with van der Waals surface area (Å²) in [7, 11) is 0. The summed E-state index contributed by atoms with van der Waals surface area (Å²) in [6.45, 7) is 10.5. The van der Waals surface area contributed by atoms with Crippen molar-refractivity contribution in [1.29, 1.82) is 0 Å². The highest BCUT2D eigenvalue weighted by atomic mass is 16.6. The van der Waals surface area contributed by atoms with Crippen LogP contribution in [0.15, 0.2) is 30.3 Å². The summed E-state index contributed by atoms with van der Waals surface area (Å²) < 4.78 is 10.8. The van der Waals surface area contributed by atoms with Crippen molar-refractivity contribution in [3.05, 3.63) is 35.9 Å². The standard InChI is InChI=1S/C24H37N3O4/c1-24(2,3)31-22(28)25-21-11-13-26(14-12-21)17-19-9-15-27(16-10-19)23(29)30-18-20-7-5-4-6-8-20/h4-8,19,21H,9-18H2,1-3H3,(H,25,28). The lowest BCUT2D eigenvalue weighted by Crippen LogP contribution is -2.48. The molecular formula is C24H37N3O4. The van der Waals surface area contributed by atoms with Crippen molar-refractivity contribution in [2.24, 2.45) is 5.92 Å². The highest BCUT2D eigenvalue weighted by Crippen LogP contribution is 2.21. The molecule has 2 aliphatic rings. The third-order valence-corrected chi connectivity index (χ3v) is 5.90. The minimum Gasteiger partial charge on any atom is -0.445 e. The van der Waals surface area contributed by atoms with Gasteiger partial charge in [0.1, 0.15) is 12.2 Å². The van der Waals surface area contributed by atoms with Crippen LogP contribution in [-0.2, 0) is 16.1 Å². The first-order chi connectivity index (χ1) is 14.8. The van der Waals surface area contributed by atoms with Crippen molar-refractivity contribution < 1.29 is 19.1 Å². The monoisotopic (exact) mass is 431 g/mol. The van der Waals surface area contributed by atoms with E-state index in [1.54, 1.807) is 0 Å². The van der Waals surface area contributed by atoms with Crippen LogP contribution in [0.25, 0.3) is 0 Å². The first-order valence-corrected chi connectivity index (χ1v) is 11.5. The lowest BCUT2D eigenvalue weighted by Gasteiger charge is -2.37. The van der Waals surface area contributed by atoms with Gasteiger partial charge in [0.15, 0.2) is 0 Å². The molecule has 0 atom stereocenters. The number of amides is 2. The Morgan fingerprint density at radius 2 is 1.65 bits per heavy atom. The maximum atomic E-state index is 12.3. The number of hydrogen-bond acceptors (Lipinski definition) is 5. The van der Waals surface area contributed by atoms with E-state index in [-0.39, 0.29) is 18.2 Å². The van der Waals surface area contributed by atoms with Crippen LogP contribution >= 0.6 is 0 Å². The van der Waals surface area contributed by atoms with Gasteiger partial charge in [-0.1, -0.05) is 30.3 Å². The van der Waals surface area contributed by atoms with Crippen molar-refractivity contribution in [1.82, 2.24) is 15.1 Å². The molecule has 2 heterocycles. The number of carbonyl (C=O) groups is 2. The number of likely N-dealkylation sites (tertiary alicyclic amines) is 2. The molecule has 2 fully saturated rings. The van der Waals surface area contributed by atoms with E-state index >= 15 is 0 Å². The van der Waals surface area contributed by atoms with Crippen molar-refractivity contribution in [2.75, 3.05) is 32.7 Å². The molecule has 1 N–H and O–H groups in total. The molecule has 172 valence electrons. The first-order valence-electron chi connectivity index (χ1n) is 11.5. The maximum absolute atomic E-state index is 12.3. The molecule has 31 heavy (non-hydrogen) atoms. The summed E-state index contributed by atoms with van der Waals surface area (Å²) in [5.41, 5.74) is 0.545. The Hall–Kier alpha value is -2.28. The highest BCUT2D eigenvalue weighted by Gasteiger charge is 2.28. The summed E-state index contributed by atoms with van der Waals surface area (Å²) in [6, 6.07) is 9.97. The zero-order valence-corrected chi connectivity index (χ0v) is 19.1. The predicted molar refractivity (Wildman–Crippen MR) is 120 cm³/mol. The lowest BCUT2D eigenvalue weighted by molar-refractivity contribution is 0.0466. The number of rotatable bonds is 5. The van der Waals surface area contributed by atoms with Gasteiger partial charge >= 0.3 is 12.2 Å². The van der Waals surface area contributed by atoms with Gasteiger partial charge in [0.2, 0.25) is 0 Å². The van der Waals surface area contributed by atoms with Gasteiger partial charge in [0.05, 0.1) is 0 Å². The van der Waals surface area contributed by atoms with Gasteiger partial charge in [0, 0.05) is 38.8 Å². The number of hydrogen-bond donors (Lipinski definition) is 1. The van der Waals surface area contributed by atoms with E-state index in [2.05, 4.69) is 10.2 Å². The Bertz CT molecular complexity index is 703. The molecule has 3 rings (SSSR count). The lowest BCUT2D eigenvalue weighted by atomic mass is 9.95. The highest BCUT2D eigenvalue weighted by molar-refractivity contribution is 5.68. The Morgan fingerprint density at radius 3 is 2.26 bits per heavy atom. The van der Waals surface area contributed by atoms with Crippen molar-refractivity contribution >= 4 is 12.2 Å². The van der Waals surface area contributed by atoms with Crippen LogP contribution < -0.4 is 5.32 Å². The average Bonchev–Trinajstić information content (AvgIpc) is 2.73. The summed E-state index contributed by atoms with van der Waals surface area (Å²) in [5, 5.41) is 3.00. The third kappa shape index (κ3) is 8.05. The van der Waals surface area contributed by atoms with Crippen LogP contribution in [0.4, 0.5) is 9.59 Å². The maximum Gasteiger partial charge on any atom is 0.410 e. The zero-order chi connectivity index (χ0) is 22.3. The first kappa shape index (κ1) is 23.4. The van der Waals surface area contributed by atoms with Crippen LogP contribution in [-0.4, -0.2) is 66.4 Å². The minimum absolute atomic E-state index is 0.187. The molecular weight excluding hydrogens is 394 g/mol. The van der Waals surface area contributed by atoms with E-state index in [4.69, 9.17) is 9.47 Å². The van der Waals surface area contributed by atoms with E-state index < -0.39 is 5.60 Å². The third-order valence-electron chi connectivity index (χ3n) is 5.90. The summed E-state index contributed by atoms with van der Waals surface area (Å²) in [5.74, 6) is 0.605. The second-order valence-electron chi connectivity index (χ2n) is 9.69. The van der Waals surface area contributed by atoms with Gasteiger partial charge < -0.3 is 24.6 Å². The molecule has 7 nitrogen and oxygen atoms in total. The molecule has 0 saturated carbocycles. The number of nitrogens with zero attached hydrogens (tertiary/aromatic N) is 2. The largest absolute Gasteiger partial charge is 0.445 e. The van der Waals surface area contributed by atoms with Gasteiger partial charge in [0.25, 0.3) is 0 Å². The number of nitrogens with one attached hydrogen (secondary N) is 1. The van der Waals surface area contributed by atoms with E-state index in [0.29, 0.717) is 12.5 Å². The normalized spacial score (nSPS) is 19.1. The predicted octanol–water partition coefficient (Wildman–Crippen LogP) is 4.02. The molecule has 2 saturated heterocycles. The summed E-state index contributed by atoms with van der Waals surface area (Å²) in [6.07, 6.45) is 3.38. The molecule has 2 amide bonds. The molecule has 2 aliphatic heterocycles. The van der Waals surface area contributed by atoms with Crippen LogP contribution in [0.3, 0.4) is 0 Å². The van der Waals surface area contributed by atoms with Crippen molar-refractivity contribution in [3.8, 4) is 0 Å². The second kappa shape index (κ2) is 10.8. The smallest absolute Gasteiger partial charge is 0.410 e. The molecule has 1 aromatic carbocycles. The van der Waals surface area contributed by atoms with Gasteiger partial charge in [-0.25, -0.2) is 9.59 Å². The van der Waals surface area contributed by atoms with E-state index in [9.17, 15) is 9.59 Å². The Morgan fingerprint density at radius 1 is 1.00 bits per heavy atom. The van der Waals surface area contributed by atoms with Crippen LogP contribution in [0.1, 0.15) is 52.0 Å². The molecule has 0 aliphatic carbocycles. The van der Waals surface area contributed by atoms with Crippen LogP contribution in [0.2, 0.25) is 0 Å². The fourth-order valence-electron chi connectivity index (χ4n) is 4.21. The van der Waals surface area contributed by atoms with Crippen LogP contribution in [0, 0.1) is 5.92 Å². The molecule has 0 aromatic heterocycles. The van der Waals surface area contributed by atoms with Crippen LogP contribution in [0.5, 0.6) is 0 Å². The number of benzene rings is 1. The molecule has 7 heteroatoms. The van der Waals surface area contributed by atoms with E-state index in [0.717, 1.165) is 64.0 Å². The molecule has 0 radical (unpaired) electrons. The number of piperidine rings is 2. The molecule has 0 bridgehead atoms. The summed E-state index contributed by atoms with van der Waals surface area (Å²) in [4.78, 5) is 28.6.